The molecule has 0 radical (unpaired) electrons. The van der Waals surface area contributed by atoms with E-state index in [4.69, 9.17) is 10.2 Å². The molecule has 2 aromatic heterocycles. The maximum absolute atomic E-state index is 13.2. The first kappa shape index (κ1) is 28.3. The zero-order valence-corrected chi connectivity index (χ0v) is 23.0. The standard InChI is InChI=1S/C33H20F6N6/c34-32(35,36)25-15-11-21(12-16-25)27-19-40-44(42-27)31(29(23-7-3-1-4-8-23)30(31)24-9-5-2-6-10-24)45-41-20-28(43-45)22-13-17-26(18-14-22)33(37,38)39/h1-20H. The van der Waals surface area contributed by atoms with Gasteiger partial charge in [0.05, 0.1) is 23.5 Å². The minimum absolute atomic E-state index is 0.324. The van der Waals surface area contributed by atoms with Crippen molar-refractivity contribution in [1.29, 1.82) is 0 Å². The van der Waals surface area contributed by atoms with Crippen LogP contribution < -0.4 is 0 Å². The van der Waals surface area contributed by atoms with Gasteiger partial charge in [0.2, 0.25) is 5.66 Å². The van der Waals surface area contributed by atoms with Gasteiger partial charge in [-0.1, -0.05) is 84.9 Å². The van der Waals surface area contributed by atoms with E-state index in [1.807, 2.05) is 60.7 Å². The maximum Gasteiger partial charge on any atom is 0.416 e. The Morgan fingerprint density at radius 1 is 0.444 bits per heavy atom. The van der Waals surface area contributed by atoms with E-state index in [0.29, 0.717) is 22.5 Å². The highest BCUT2D eigenvalue weighted by atomic mass is 19.4. The van der Waals surface area contributed by atoms with Gasteiger partial charge in [0, 0.05) is 22.3 Å². The molecule has 1 aliphatic carbocycles. The van der Waals surface area contributed by atoms with Crippen molar-refractivity contribution in [3.63, 3.8) is 0 Å². The zero-order valence-electron chi connectivity index (χ0n) is 23.0. The molecule has 7 rings (SSSR count). The average Bonchev–Trinajstić information content (AvgIpc) is 3.34. The van der Waals surface area contributed by atoms with Crippen LogP contribution in [0.15, 0.2) is 122 Å². The molecule has 0 saturated carbocycles. The zero-order chi connectivity index (χ0) is 31.4. The SMILES string of the molecule is FC(F)(F)c1ccc(-c2cnn(C3(n4ncc(-c5ccc(C(F)(F)F)cc5)n4)C(c4ccccc4)=C3c3ccccc3)n2)cc1. The molecule has 0 bridgehead atoms. The molecule has 12 heteroatoms. The lowest BCUT2D eigenvalue weighted by atomic mass is 10.1. The molecule has 1 aliphatic rings. The predicted octanol–water partition coefficient (Wildman–Crippen LogP) is 8.07. The first-order valence-corrected chi connectivity index (χ1v) is 13.6. The van der Waals surface area contributed by atoms with Crippen molar-refractivity contribution in [3.8, 4) is 22.5 Å². The Morgan fingerprint density at radius 2 is 0.800 bits per heavy atom. The van der Waals surface area contributed by atoms with Crippen molar-refractivity contribution in [2.24, 2.45) is 0 Å². The number of hydrogen-bond acceptors (Lipinski definition) is 4. The van der Waals surface area contributed by atoms with Gasteiger partial charge in [-0.15, -0.1) is 9.59 Å². The van der Waals surface area contributed by atoms with Crippen molar-refractivity contribution < 1.29 is 26.3 Å². The molecule has 2 heterocycles. The van der Waals surface area contributed by atoms with Crippen LogP contribution in [-0.4, -0.2) is 30.0 Å². The summed E-state index contributed by atoms with van der Waals surface area (Å²) in [5.41, 5.74) is 1.85. The Labute approximate surface area is 251 Å². The van der Waals surface area contributed by atoms with E-state index in [9.17, 15) is 26.3 Å². The second-order valence-electron chi connectivity index (χ2n) is 10.3. The van der Waals surface area contributed by atoms with Crippen LogP contribution in [0, 0.1) is 0 Å². The second-order valence-corrected chi connectivity index (χ2v) is 10.3. The lowest BCUT2D eigenvalue weighted by molar-refractivity contribution is -0.138. The number of nitrogens with zero attached hydrogens (tertiary/aromatic N) is 6. The Balaban J connectivity index is 1.37. The van der Waals surface area contributed by atoms with E-state index in [1.165, 1.54) is 46.3 Å². The van der Waals surface area contributed by atoms with Crippen LogP contribution in [0.2, 0.25) is 0 Å². The van der Waals surface area contributed by atoms with Gasteiger partial charge in [-0.05, 0) is 35.4 Å². The molecule has 0 amide bonds. The summed E-state index contributed by atoms with van der Waals surface area (Å²) in [7, 11) is 0. The summed E-state index contributed by atoms with van der Waals surface area (Å²) < 4.78 is 79.1. The van der Waals surface area contributed by atoms with Gasteiger partial charge in [-0.3, -0.25) is 0 Å². The highest BCUT2D eigenvalue weighted by Crippen LogP contribution is 2.61. The van der Waals surface area contributed by atoms with E-state index in [-0.39, 0.29) is 0 Å². The van der Waals surface area contributed by atoms with E-state index >= 15 is 0 Å². The van der Waals surface area contributed by atoms with Crippen molar-refractivity contribution in [3.05, 3.63) is 144 Å². The van der Waals surface area contributed by atoms with Crippen molar-refractivity contribution in [2.75, 3.05) is 0 Å². The first-order chi connectivity index (χ1) is 21.6. The molecule has 6 aromatic rings. The Morgan fingerprint density at radius 3 is 1.13 bits per heavy atom. The normalized spacial score (nSPS) is 14.5. The van der Waals surface area contributed by atoms with Gasteiger partial charge in [0.1, 0.15) is 11.4 Å². The third-order valence-electron chi connectivity index (χ3n) is 7.59. The Kier molecular flexibility index (Phi) is 6.46. The van der Waals surface area contributed by atoms with E-state index in [0.717, 1.165) is 46.5 Å². The first-order valence-electron chi connectivity index (χ1n) is 13.6. The van der Waals surface area contributed by atoms with Crippen LogP contribution in [0.4, 0.5) is 26.3 Å². The highest BCUT2D eigenvalue weighted by molar-refractivity contribution is 6.16. The number of rotatable bonds is 6. The lowest BCUT2D eigenvalue weighted by Gasteiger charge is -2.19. The van der Waals surface area contributed by atoms with Crippen molar-refractivity contribution >= 4 is 11.1 Å². The van der Waals surface area contributed by atoms with Gasteiger partial charge in [0.15, 0.2) is 0 Å². The van der Waals surface area contributed by atoms with Gasteiger partial charge >= 0.3 is 12.4 Å². The molecule has 45 heavy (non-hydrogen) atoms. The number of allylic oxidation sites excluding steroid dienone is 2. The van der Waals surface area contributed by atoms with Crippen molar-refractivity contribution in [1.82, 2.24) is 30.0 Å². The monoisotopic (exact) mass is 614 g/mol. The second kappa shape index (κ2) is 10.3. The third-order valence-corrected chi connectivity index (χ3v) is 7.59. The summed E-state index contributed by atoms with van der Waals surface area (Å²) in [4.78, 5) is 2.84. The van der Waals surface area contributed by atoms with Gasteiger partial charge in [0.25, 0.3) is 0 Å². The minimum Gasteiger partial charge on any atom is -0.166 e. The summed E-state index contributed by atoms with van der Waals surface area (Å²) in [5, 5.41) is 18.5. The van der Waals surface area contributed by atoms with Crippen LogP contribution in [0.1, 0.15) is 22.3 Å². The van der Waals surface area contributed by atoms with Crippen molar-refractivity contribution in [2.45, 2.75) is 18.0 Å². The Hall–Kier alpha value is -5.52. The number of halogens is 6. The molecule has 0 saturated heterocycles. The average molecular weight is 615 g/mol. The van der Waals surface area contributed by atoms with Gasteiger partial charge in [-0.2, -0.15) is 46.7 Å². The van der Waals surface area contributed by atoms with Crippen LogP contribution in [0.5, 0.6) is 0 Å². The molecule has 0 aliphatic heterocycles. The van der Waals surface area contributed by atoms with Gasteiger partial charge < -0.3 is 0 Å². The molecule has 6 nitrogen and oxygen atoms in total. The molecular formula is C33H20F6N6. The molecular weight excluding hydrogens is 594 g/mol. The van der Waals surface area contributed by atoms with E-state index in [2.05, 4.69) is 10.2 Å². The lowest BCUT2D eigenvalue weighted by Crippen LogP contribution is -2.35. The Bertz CT molecular complexity index is 1860. The quantitative estimate of drug-likeness (QED) is 0.178. The molecule has 0 atom stereocenters. The topological polar surface area (TPSA) is 61.4 Å². The van der Waals surface area contributed by atoms with Gasteiger partial charge in [-0.25, -0.2) is 0 Å². The van der Waals surface area contributed by atoms with Crippen LogP contribution >= 0.6 is 0 Å². The summed E-state index contributed by atoms with van der Waals surface area (Å²) >= 11 is 0. The minimum atomic E-state index is -4.48. The summed E-state index contributed by atoms with van der Waals surface area (Å²) in [6, 6.07) is 28.2. The summed E-state index contributed by atoms with van der Waals surface area (Å²) in [6.07, 6.45) is -6.06. The molecule has 0 fully saturated rings. The molecule has 0 N–H and O–H groups in total. The highest BCUT2D eigenvalue weighted by Gasteiger charge is 2.62. The van der Waals surface area contributed by atoms with Crippen LogP contribution in [-0.2, 0) is 18.0 Å². The maximum atomic E-state index is 13.2. The fraction of sp³-hybridized carbons (Fsp3) is 0.0909. The molecule has 4 aromatic carbocycles. The smallest absolute Gasteiger partial charge is 0.166 e. The third kappa shape index (κ3) is 4.88. The number of alkyl halides is 6. The fourth-order valence-corrected chi connectivity index (χ4v) is 5.40. The molecule has 224 valence electrons. The summed E-state index contributed by atoms with van der Waals surface area (Å²) in [6.45, 7) is 0. The number of hydrogen-bond donors (Lipinski definition) is 0. The predicted molar refractivity (Wildman–Crippen MR) is 154 cm³/mol. The largest absolute Gasteiger partial charge is 0.416 e. The summed E-state index contributed by atoms with van der Waals surface area (Å²) in [5.74, 6) is 0. The van der Waals surface area contributed by atoms with E-state index in [1.54, 1.807) is 0 Å². The number of benzene rings is 4. The molecule has 0 unspecified atom stereocenters. The molecule has 0 spiro atoms. The number of aromatic nitrogens is 6. The van der Waals surface area contributed by atoms with E-state index < -0.39 is 29.1 Å². The fourth-order valence-electron chi connectivity index (χ4n) is 5.40. The van der Waals surface area contributed by atoms with Crippen LogP contribution in [0.3, 0.4) is 0 Å². The van der Waals surface area contributed by atoms with Crippen LogP contribution in [0.25, 0.3) is 33.7 Å².